The van der Waals surface area contributed by atoms with Crippen LogP contribution >= 0.6 is 11.6 Å². The first-order valence-corrected chi connectivity index (χ1v) is 6.01. The summed E-state index contributed by atoms with van der Waals surface area (Å²) in [6.45, 7) is -10.7. The minimum atomic E-state index is -3.58. The van der Waals surface area contributed by atoms with Gasteiger partial charge in [-0.3, -0.25) is 0 Å². The average molecular weight is 301 g/mol. The predicted molar refractivity (Wildman–Crippen MR) is 81.1 cm³/mol. The van der Waals surface area contributed by atoms with Gasteiger partial charge in [-0.25, -0.2) is 9.67 Å². The van der Waals surface area contributed by atoms with E-state index in [-0.39, 0.29) is 5.70 Å². The number of rotatable bonds is 3. The highest BCUT2D eigenvalue weighted by Crippen LogP contribution is 2.28. The summed E-state index contributed by atoms with van der Waals surface area (Å²) < 4.78 is 70.8. The van der Waals surface area contributed by atoms with Crippen LogP contribution in [-0.4, -0.2) is 26.0 Å². The van der Waals surface area contributed by atoms with Crippen molar-refractivity contribution in [1.29, 1.82) is 0 Å². The maximum Gasteiger partial charge on any atom is 0.138 e. The van der Waals surface area contributed by atoms with Gasteiger partial charge in [-0.1, -0.05) is 44.3 Å². The highest BCUT2D eigenvalue weighted by molar-refractivity contribution is 6.30. The molecule has 0 spiro atoms. The van der Waals surface area contributed by atoms with Crippen LogP contribution in [0.2, 0.25) is 5.02 Å². The summed E-state index contributed by atoms with van der Waals surface area (Å²) in [6.07, 6.45) is 0.916. The van der Waals surface area contributed by atoms with Crippen molar-refractivity contribution in [3.8, 4) is 0 Å². The van der Waals surface area contributed by atoms with Gasteiger partial charge >= 0.3 is 0 Å². The minimum Gasteiger partial charge on any atom is -0.386 e. The van der Waals surface area contributed by atoms with Crippen LogP contribution in [0.4, 0.5) is 0 Å². The van der Waals surface area contributed by atoms with Crippen molar-refractivity contribution in [2.24, 2.45) is 5.41 Å². The Morgan fingerprint density at radius 3 is 2.65 bits per heavy atom. The molecule has 2 aromatic rings. The monoisotopic (exact) mass is 300 g/mol. The van der Waals surface area contributed by atoms with Crippen LogP contribution in [0, 0.1) is 5.41 Å². The van der Waals surface area contributed by atoms with E-state index in [1.807, 2.05) is 0 Å². The SMILES string of the molecule is [2H]C([2H])([2H])C(C(O)/C(=C\c1ccc(Cl)cc1)n1cncn1)(C([2H])([2H])[2H])C([2H])([2H])[2H]. The van der Waals surface area contributed by atoms with Crippen molar-refractivity contribution < 1.29 is 17.4 Å². The van der Waals surface area contributed by atoms with Crippen molar-refractivity contribution in [1.82, 2.24) is 14.8 Å². The normalized spacial score (nSPS) is 22.9. The van der Waals surface area contributed by atoms with Gasteiger partial charge in [-0.05, 0) is 29.2 Å². The second-order valence-corrected chi connectivity index (χ2v) is 4.61. The molecule has 0 aliphatic rings. The minimum absolute atomic E-state index is 0.381. The summed E-state index contributed by atoms with van der Waals surface area (Å²) >= 11 is 5.84. The number of hydrogen-bond acceptors (Lipinski definition) is 3. The van der Waals surface area contributed by atoms with Crippen LogP contribution in [0.25, 0.3) is 11.8 Å². The molecule has 5 heteroatoms. The average Bonchev–Trinajstić information content (AvgIpc) is 3.04. The number of halogens is 1. The van der Waals surface area contributed by atoms with Crippen molar-refractivity contribution in [2.45, 2.75) is 26.7 Å². The molecule has 1 aromatic carbocycles. The van der Waals surface area contributed by atoms with E-state index in [4.69, 9.17) is 23.9 Å². The van der Waals surface area contributed by atoms with Gasteiger partial charge in [0.05, 0.1) is 5.70 Å². The molecule has 1 unspecified atom stereocenters. The molecule has 0 radical (unpaired) electrons. The first-order valence-electron chi connectivity index (χ1n) is 10.1. The summed E-state index contributed by atoms with van der Waals surface area (Å²) in [5, 5.41) is 15.3. The molecular formula is C15H18ClN3O. The molecule has 0 saturated heterocycles. The predicted octanol–water partition coefficient (Wildman–Crippen LogP) is 3.34. The lowest BCUT2D eigenvalue weighted by Gasteiger charge is -2.27. The third kappa shape index (κ3) is 3.46. The zero-order chi connectivity index (χ0) is 22.3. The Hall–Kier alpha value is -1.65. The van der Waals surface area contributed by atoms with E-state index in [9.17, 15) is 5.11 Å². The topological polar surface area (TPSA) is 50.9 Å². The first kappa shape index (κ1) is 6.87. The summed E-state index contributed by atoms with van der Waals surface area (Å²) in [6, 6.07) is 6.08. The lowest BCUT2D eigenvalue weighted by molar-refractivity contribution is 0.109. The number of aliphatic hydroxyl groups is 1. The van der Waals surface area contributed by atoms with E-state index in [2.05, 4.69) is 10.1 Å². The highest BCUT2D eigenvalue weighted by Gasteiger charge is 2.27. The molecule has 0 aliphatic heterocycles. The first-order chi connectivity index (χ1) is 13.1. The van der Waals surface area contributed by atoms with Crippen LogP contribution in [0.1, 0.15) is 38.5 Å². The zero-order valence-corrected chi connectivity index (χ0v) is 11.0. The number of hydrogen-bond donors (Lipinski definition) is 1. The lowest BCUT2D eigenvalue weighted by atomic mass is 9.86. The van der Waals surface area contributed by atoms with Crippen LogP contribution in [0.3, 0.4) is 0 Å². The second kappa shape index (κ2) is 5.77. The third-order valence-electron chi connectivity index (χ3n) is 2.56. The third-order valence-corrected chi connectivity index (χ3v) is 2.81. The Bertz CT molecular complexity index is 819. The second-order valence-electron chi connectivity index (χ2n) is 4.17. The van der Waals surface area contributed by atoms with Gasteiger partial charge in [0, 0.05) is 17.4 Å². The highest BCUT2D eigenvalue weighted by atomic mass is 35.5. The molecule has 0 bridgehead atoms. The Morgan fingerprint density at radius 1 is 1.40 bits per heavy atom. The fraction of sp³-hybridized carbons (Fsp3) is 0.333. The maximum atomic E-state index is 11.1. The number of nitrogens with zero attached hydrogens (tertiary/aromatic N) is 3. The summed E-state index contributed by atoms with van der Waals surface area (Å²) in [5.74, 6) is 0. The van der Waals surface area contributed by atoms with Gasteiger partial charge in [0.25, 0.3) is 0 Å². The molecule has 106 valence electrons. The number of benzene rings is 1. The Kier molecular flexibility index (Phi) is 1.98. The van der Waals surface area contributed by atoms with E-state index in [1.165, 1.54) is 30.3 Å². The van der Waals surface area contributed by atoms with Crippen molar-refractivity contribution in [3.05, 3.63) is 47.5 Å². The van der Waals surface area contributed by atoms with E-state index in [0.717, 1.165) is 17.3 Å². The molecule has 1 heterocycles. The number of aromatic nitrogens is 3. The van der Waals surface area contributed by atoms with Crippen molar-refractivity contribution >= 4 is 23.4 Å². The van der Waals surface area contributed by atoms with Gasteiger partial charge in [-0.15, -0.1) is 0 Å². The van der Waals surface area contributed by atoms with Crippen molar-refractivity contribution in [2.75, 3.05) is 0 Å². The number of aliphatic hydroxyl groups excluding tert-OH is 1. The molecule has 1 atom stereocenters. The van der Waals surface area contributed by atoms with Crippen LogP contribution in [0.5, 0.6) is 0 Å². The smallest absolute Gasteiger partial charge is 0.138 e. The molecule has 0 aliphatic carbocycles. The van der Waals surface area contributed by atoms with Gasteiger partial charge in [0.2, 0.25) is 0 Å². The zero-order valence-electron chi connectivity index (χ0n) is 19.3. The Balaban J connectivity index is 2.82. The van der Waals surface area contributed by atoms with Crippen LogP contribution in [-0.2, 0) is 0 Å². The largest absolute Gasteiger partial charge is 0.386 e. The molecule has 1 aromatic heterocycles. The fourth-order valence-electron chi connectivity index (χ4n) is 1.56. The van der Waals surface area contributed by atoms with Gasteiger partial charge in [-0.2, -0.15) is 5.10 Å². The lowest BCUT2D eigenvalue weighted by Crippen LogP contribution is -2.29. The summed E-state index contributed by atoms with van der Waals surface area (Å²) in [7, 11) is 0. The standard InChI is InChI=1S/C15H18ClN3O/c1-15(2,3)14(20)13(19-10-17-9-18-19)8-11-4-6-12(16)7-5-11/h4-10,14,20H,1-3H3/b13-8+/i1D3,2D3,3D3. The molecule has 4 nitrogen and oxygen atoms in total. The summed E-state index contributed by atoms with van der Waals surface area (Å²) in [5.41, 5.74) is -3.47. The van der Waals surface area contributed by atoms with Gasteiger partial charge in [0.15, 0.2) is 0 Å². The molecule has 2 rings (SSSR count). The summed E-state index contributed by atoms with van der Waals surface area (Å²) in [4.78, 5) is 3.71. The van der Waals surface area contributed by atoms with E-state index in [0.29, 0.717) is 10.6 Å². The van der Waals surface area contributed by atoms with E-state index >= 15 is 0 Å². The van der Waals surface area contributed by atoms with Crippen LogP contribution in [0.15, 0.2) is 36.9 Å². The molecule has 0 fully saturated rings. The van der Waals surface area contributed by atoms with E-state index < -0.39 is 32.1 Å². The van der Waals surface area contributed by atoms with Crippen LogP contribution < -0.4 is 0 Å². The molecule has 1 N–H and O–H groups in total. The van der Waals surface area contributed by atoms with Gasteiger partial charge in [0.1, 0.15) is 18.8 Å². The molecule has 20 heavy (non-hydrogen) atoms. The molecule has 0 saturated carbocycles. The van der Waals surface area contributed by atoms with E-state index in [1.54, 1.807) is 0 Å². The van der Waals surface area contributed by atoms with Gasteiger partial charge < -0.3 is 5.11 Å². The fourth-order valence-corrected chi connectivity index (χ4v) is 1.69. The molecular weight excluding hydrogens is 274 g/mol. The van der Waals surface area contributed by atoms with Crippen molar-refractivity contribution in [3.63, 3.8) is 0 Å². The molecule has 0 amide bonds. The Labute approximate surface area is 136 Å². The quantitative estimate of drug-likeness (QED) is 0.946. The Morgan fingerprint density at radius 2 is 2.10 bits per heavy atom. The maximum absolute atomic E-state index is 11.1.